The molecule has 1 heterocycles. The first-order valence-electron chi connectivity index (χ1n) is 7.61. The lowest BCUT2D eigenvalue weighted by atomic mass is 10.2. The fraction of sp³-hybridized carbons (Fsp3) is 0.500. The molecule has 1 aliphatic rings. The van der Waals surface area contributed by atoms with E-state index in [0.717, 1.165) is 25.3 Å². The molecule has 5 heteroatoms. The van der Waals surface area contributed by atoms with E-state index in [0.29, 0.717) is 6.04 Å². The highest BCUT2D eigenvalue weighted by Gasteiger charge is 2.20. The van der Waals surface area contributed by atoms with Crippen molar-refractivity contribution < 1.29 is 0 Å². The maximum absolute atomic E-state index is 4.22. The molecule has 0 aliphatic heterocycles. The zero-order valence-corrected chi connectivity index (χ0v) is 12.8. The predicted octanol–water partition coefficient (Wildman–Crippen LogP) is 1.97. The Morgan fingerprint density at radius 1 is 1.33 bits per heavy atom. The molecular weight excluding hydrogens is 262 g/mol. The molecule has 2 aromatic rings. The van der Waals surface area contributed by atoms with Gasteiger partial charge in [0.15, 0.2) is 0 Å². The van der Waals surface area contributed by atoms with Crippen LogP contribution in [0.1, 0.15) is 24.1 Å². The number of para-hydroxylation sites is 1. The molecule has 21 heavy (non-hydrogen) atoms. The first kappa shape index (κ1) is 14.1. The Morgan fingerprint density at radius 3 is 2.90 bits per heavy atom. The first-order chi connectivity index (χ1) is 10.2. The van der Waals surface area contributed by atoms with Crippen LogP contribution in [-0.4, -0.2) is 34.6 Å². The number of rotatable bonds is 7. The third-order valence-electron chi connectivity index (χ3n) is 3.93. The predicted molar refractivity (Wildman–Crippen MR) is 84.3 cm³/mol. The maximum atomic E-state index is 4.22. The lowest BCUT2D eigenvalue weighted by Gasteiger charge is -2.21. The van der Waals surface area contributed by atoms with Gasteiger partial charge in [0, 0.05) is 38.1 Å². The average molecular weight is 285 g/mol. The summed E-state index contributed by atoms with van der Waals surface area (Å²) in [7, 11) is 2.12. The molecule has 1 aliphatic carbocycles. The molecule has 0 atom stereocenters. The van der Waals surface area contributed by atoms with E-state index >= 15 is 0 Å². The number of nitrogens with zero attached hydrogens (tertiary/aromatic N) is 4. The van der Waals surface area contributed by atoms with E-state index in [9.17, 15) is 0 Å². The molecule has 112 valence electrons. The van der Waals surface area contributed by atoms with E-state index in [1.807, 2.05) is 10.9 Å². The normalized spacial score (nSPS) is 14.4. The monoisotopic (exact) mass is 285 g/mol. The van der Waals surface area contributed by atoms with Crippen molar-refractivity contribution in [3.05, 3.63) is 41.7 Å². The molecule has 1 fully saturated rings. The van der Waals surface area contributed by atoms with E-state index in [1.54, 1.807) is 0 Å². The Hall–Kier alpha value is -1.88. The van der Waals surface area contributed by atoms with Crippen LogP contribution in [-0.2, 0) is 13.1 Å². The van der Waals surface area contributed by atoms with Crippen molar-refractivity contribution in [1.29, 1.82) is 0 Å². The molecule has 0 spiro atoms. The molecule has 0 radical (unpaired) electrons. The zero-order chi connectivity index (χ0) is 14.7. The third-order valence-corrected chi connectivity index (χ3v) is 3.93. The quantitative estimate of drug-likeness (QED) is 0.845. The fourth-order valence-electron chi connectivity index (χ4n) is 2.43. The van der Waals surface area contributed by atoms with Gasteiger partial charge in [-0.15, -0.1) is 5.10 Å². The maximum Gasteiger partial charge on any atom is 0.0964 e. The van der Waals surface area contributed by atoms with Crippen molar-refractivity contribution in [2.75, 3.05) is 18.5 Å². The minimum Gasteiger partial charge on any atom is -0.373 e. The molecule has 0 saturated heterocycles. The van der Waals surface area contributed by atoms with E-state index in [4.69, 9.17) is 0 Å². The molecule has 1 saturated carbocycles. The molecule has 5 nitrogen and oxygen atoms in total. The standard InChI is InChI=1S/C16H23N5/c1-13-5-3-4-6-16(13)20(2)9-10-21-12-15(18-19-21)11-17-14-7-8-14/h3-6,12,14,17H,7-11H2,1-2H3. The Bertz CT molecular complexity index is 588. The highest BCUT2D eigenvalue weighted by molar-refractivity contribution is 5.52. The topological polar surface area (TPSA) is 46.0 Å². The molecule has 3 rings (SSSR count). The van der Waals surface area contributed by atoms with Gasteiger partial charge in [0.2, 0.25) is 0 Å². The first-order valence-corrected chi connectivity index (χ1v) is 7.61. The number of hydrogen-bond donors (Lipinski definition) is 1. The van der Waals surface area contributed by atoms with Gasteiger partial charge in [0.05, 0.1) is 12.2 Å². The summed E-state index contributed by atoms with van der Waals surface area (Å²) in [6.07, 6.45) is 4.64. The van der Waals surface area contributed by atoms with Gasteiger partial charge in [0.25, 0.3) is 0 Å². The third kappa shape index (κ3) is 3.82. The number of aryl methyl sites for hydroxylation is 1. The Labute approximate surface area is 126 Å². The SMILES string of the molecule is Cc1ccccc1N(C)CCn1cc(CNC2CC2)nn1. The number of aromatic nitrogens is 3. The van der Waals surface area contributed by atoms with Crippen LogP contribution in [0.2, 0.25) is 0 Å². The van der Waals surface area contributed by atoms with Crippen LogP contribution in [0.15, 0.2) is 30.5 Å². The highest BCUT2D eigenvalue weighted by Crippen LogP contribution is 2.19. The van der Waals surface area contributed by atoms with Gasteiger partial charge in [-0.2, -0.15) is 0 Å². The molecule has 0 bridgehead atoms. The molecule has 1 aromatic carbocycles. The largest absolute Gasteiger partial charge is 0.373 e. The number of likely N-dealkylation sites (N-methyl/N-ethyl adjacent to an activating group) is 1. The van der Waals surface area contributed by atoms with Gasteiger partial charge in [0.1, 0.15) is 0 Å². The van der Waals surface area contributed by atoms with Crippen LogP contribution in [0.3, 0.4) is 0 Å². The van der Waals surface area contributed by atoms with Gasteiger partial charge in [-0.05, 0) is 31.4 Å². The van der Waals surface area contributed by atoms with Crippen molar-refractivity contribution in [3.63, 3.8) is 0 Å². The van der Waals surface area contributed by atoms with Crippen molar-refractivity contribution in [1.82, 2.24) is 20.3 Å². The second-order valence-electron chi connectivity index (χ2n) is 5.84. The summed E-state index contributed by atoms with van der Waals surface area (Å²) in [6, 6.07) is 9.16. The van der Waals surface area contributed by atoms with Crippen molar-refractivity contribution in [3.8, 4) is 0 Å². The molecular formula is C16H23N5. The van der Waals surface area contributed by atoms with Crippen LogP contribution in [0.5, 0.6) is 0 Å². The average Bonchev–Trinajstić information content (AvgIpc) is 3.21. The summed E-state index contributed by atoms with van der Waals surface area (Å²) < 4.78 is 1.93. The van der Waals surface area contributed by atoms with Crippen LogP contribution in [0.4, 0.5) is 5.69 Å². The lowest BCUT2D eigenvalue weighted by molar-refractivity contribution is 0.587. The fourth-order valence-corrected chi connectivity index (χ4v) is 2.43. The van der Waals surface area contributed by atoms with Crippen LogP contribution >= 0.6 is 0 Å². The van der Waals surface area contributed by atoms with Gasteiger partial charge >= 0.3 is 0 Å². The Kier molecular flexibility index (Phi) is 4.20. The molecule has 0 amide bonds. The van der Waals surface area contributed by atoms with E-state index in [-0.39, 0.29) is 0 Å². The van der Waals surface area contributed by atoms with E-state index in [1.165, 1.54) is 24.1 Å². The van der Waals surface area contributed by atoms with Crippen LogP contribution < -0.4 is 10.2 Å². The van der Waals surface area contributed by atoms with E-state index in [2.05, 4.69) is 58.8 Å². The van der Waals surface area contributed by atoms with Gasteiger partial charge in [-0.25, -0.2) is 0 Å². The smallest absolute Gasteiger partial charge is 0.0964 e. The van der Waals surface area contributed by atoms with Gasteiger partial charge in [-0.1, -0.05) is 23.4 Å². The number of nitrogens with one attached hydrogen (secondary N) is 1. The van der Waals surface area contributed by atoms with Crippen LogP contribution in [0.25, 0.3) is 0 Å². The number of hydrogen-bond acceptors (Lipinski definition) is 4. The minimum absolute atomic E-state index is 0.710. The number of benzene rings is 1. The summed E-state index contributed by atoms with van der Waals surface area (Å²) in [6.45, 7) is 4.74. The van der Waals surface area contributed by atoms with Crippen molar-refractivity contribution in [2.24, 2.45) is 0 Å². The van der Waals surface area contributed by atoms with Crippen molar-refractivity contribution in [2.45, 2.75) is 38.9 Å². The van der Waals surface area contributed by atoms with E-state index < -0.39 is 0 Å². The summed E-state index contributed by atoms with van der Waals surface area (Å²) in [4.78, 5) is 2.26. The summed E-state index contributed by atoms with van der Waals surface area (Å²) in [5, 5.41) is 11.9. The summed E-state index contributed by atoms with van der Waals surface area (Å²) in [5.41, 5.74) is 3.60. The van der Waals surface area contributed by atoms with Gasteiger partial charge < -0.3 is 10.2 Å². The lowest BCUT2D eigenvalue weighted by Crippen LogP contribution is -2.23. The molecule has 1 N–H and O–H groups in total. The van der Waals surface area contributed by atoms with Crippen LogP contribution in [0, 0.1) is 6.92 Å². The summed E-state index contributed by atoms with van der Waals surface area (Å²) in [5.74, 6) is 0. The second-order valence-corrected chi connectivity index (χ2v) is 5.84. The highest BCUT2D eigenvalue weighted by atomic mass is 15.4. The molecule has 0 unspecified atom stereocenters. The number of anilines is 1. The van der Waals surface area contributed by atoms with Gasteiger partial charge in [-0.3, -0.25) is 4.68 Å². The molecule has 1 aromatic heterocycles. The van der Waals surface area contributed by atoms with Crippen molar-refractivity contribution >= 4 is 5.69 Å². The second kappa shape index (κ2) is 6.26. The minimum atomic E-state index is 0.710. The Morgan fingerprint density at radius 2 is 2.14 bits per heavy atom. The zero-order valence-electron chi connectivity index (χ0n) is 12.8. The summed E-state index contributed by atoms with van der Waals surface area (Å²) >= 11 is 0. The Balaban J connectivity index is 1.51.